The van der Waals surface area contributed by atoms with E-state index in [1.807, 2.05) is 0 Å². The molecule has 7 nitrogen and oxygen atoms in total. The number of urea groups is 1. The Bertz CT molecular complexity index is 681. The number of nitrogens with zero attached hydrogens (tertiary/aromatic N) is 2. The number of amides is 2. The number of guanidine groups is 1. The summed E-state index contributed by atoms with van der Waals surface area (Å²) in [4.78, 5) is 16.1. The van der Waals surface area contributed by atoms with Gasteiger partial charge in [0.25, 0.3) is 0 Å². The first-order chi connectivity index (χ1) is 9.04. The summed E-state index contributed by atoms with van der Waals surface area (Å²) < 4.78 is 23.7. The Hall–Kier alpha value is -1.80. The molecule has 2 amide bonds. The van der Waals surface area contributed by atoms with Gasteiger partial charge in [-0.25, -0.2) is 13.2 Å². The number of hydrogen-bond acceptors (Lipinski definition) is 3. The highest BCUT2D eigenvalue weighted by atomic mass is 35.5. The van der Waals surface area contributed by atoms with Crippen molar-refractivity contribution in [2.45, 2.75) is 11.8 Å². The molecule has 0 saturated heterocycles. The maximum absolute atomic E-state index is 11.8. The zero-order valence-electron chi connectivity index (χ0n) is 11.2. The number of benzene rings is 1. The third-order valence-corrected chi connectivity index (χ3v) is 3.82. The van der Waals surface area contributed by atoms with Crippen LogP contribution >= 0.6 is 11.6 Å². The molecule has 0 saturated carbocycles. The molecule has 9 heteroatoms. The topological polar surface area (TPSA) is 119 Å². The number of carbonyl (C=O) groups is 1. The highest BCUT2D eigenvalue weighted by molar-refractivity contribution is 7.90. The van der Waals surface area contributed by atoms with Gasteiger partial charge in [0.1, 0.15) is 0 Å². The predicted octanol–water partition coefficient (Wildman–Crippen LogP) is 0.882. The molecule has 1 rings (SSSR count). The van der Waals surface area contributed by atoms with Crippen LogP contribution in [0.5, 0.6) is 0 Å². The van der Waals surface area contributed by atoms with E-state index in [0.29, 0.717) is 5.56 Å². The summed E-state index contributed by atoms with van der Waals surface area (Å²) in [6.45, 7) is 1.70. The van der Waals surface area contributed by atoms with Crippen molar-refractivity contribution < 1.29 is 13.2 Å². The van der Waals surface area contributed by atoms with E-state index in [-0.39, 0.29) is 15.6 Å². The Morgan fingerprint density at radius 3 is 2.35 bits per heavy atom. The van der Waals surface area contributed by atoms with Gasteiger partial charge in [-0.15, -0.1) is 0 Å². The molecule has 0 atom stereocenters. The van der Waals surface area contributed by atoms with Gasteiger partial charge in [0, 0.05) is 13.3 Å². The first kappa shape index (κ1) is 16.3. The summed E-state index contributed by atoms with van der Waals surface area (Å²) in [6, 6.07) is 2.15. The Morgan fingerprint density at radius 1 is 1.35 bits per heavy atom. The SMILES string of the molecule is Cc1cc(Cl)c(N(C)C(=O)N=C(N)N)c(S(C)(=O)=O)c1. The molecular formula is C11H15ClN4O3S. The Balaban J connectivity index is 3.52. The lowest BCUT2D eigenvalue weighted by molar-refractivity contribution is 0.255. The lowest BCUT2D eigenvalue weighted by Gasteiger charge is -2.20. The highest BCUT2D eigenvalue weighted by Crippen LogP contribution is 2.34. The number of aryl methyl sites for hydroxylation is 1. The zero-order chi connectivity index (χ0) is 15.7. The average Bonchev–Trinajstić information content (AvgIpc) is 2.24. The number of carbonyl (C=O) groups excluding carboxylic acids is 1. The van der Waals surface area contributed by atoms with Gasteiger partial charge in [0.05, 0.1) is 15.6 Å². The third-order valence-electron chi connectivity index (χ3n) is 2.42. The second kappa shape index (κ2) is 5.68. The van der Waals surface area contributed by atoms with Crippen LogP contribution in [0.1, 0.15) is 5.56 Å². The first-order valence-electron chi connectivity index (χ1n) is 5.41. The van der Waals surface area contributed by atoms with Crippen molar-refractivity contribution in [3.05, 3.63) is 22.7 Å². The van der Waals surface area contributed by atoms with Gasteiger partial charge in [-0.3, -0.25) is 4.90 Å². The minimum atomic E-state index is -3.57. The average molecular weight is 319 g/mol. The van der Waals surface area contributed by atoms with E-state index < -0.39 is 21.8 Å². The van der Waals surface area contributed by atoms with Gasteiger partial charge in [0.15, 0.2) is 15.8 Å². The summed E-state index contributed by atoms with van der Waals surface area (Å²) in [6.07, 6.45) is 1.03. The van der Waals surface area contributed by atoms with Crippen molar-refractivity contribution in [2.24, 2.45) is 16.5 Å². The van der Waals surface area contributed by atoms with Crippen LogP contribution in [0.3, 0.4) is 0 Å². The highest BCUT2D eigenvalue weighted by Gasteiger charge is 2.23. The van der Waals surface area contributed by atoms with Crippen LogP contribution in [0.25, 0.3) is 0 Å². The summed E-state index contributed by atoms with van der Waals surface area (Å²) in [5.74, 6) is -0.425. The lowest BCUT2D eigenvalue weighted by Crippen LogP contribution is -2.31. The van der Waals surface area contributed by atoms with Crippen LogP contribution in [0.4, 0.5) is 10.5 Å². The normalized spacial score (nSPS) is 11.0. The first-order valence-corrected chi connectivity index (χ1v) is 7.68. The molecule has 0 spiro atoms. The van der Waals surface area contributed by atoms with Crippen LogP contribution in [0, 0.1) is 6.92 Å². The second-order valence-corrected chi connectivity index (χ2v) is 6.64. The van der Waals surface area contributed by atoms with E-state index in [4.69, 9.17) is 23.1 Å². The molecular weight excluding hydrogens is 304 g/mol. The molecule has 0 fully saturated rings. The molecule has 20 heavy (non-hydrogen) atoms. The Morgan fingerprint density at radius 2 is 1.90 bits per heavy atom. The van der Waals surface area contributed by atoms with E-state index in [9.17, 15) is 13.2 Å². The van der Waals surface area contributed by atoms with Crippen molar-refractivity contribution >= 4 is 39.1 Å². The van der Waals surface area contributed by atoms with E-state index in [0.717, 1.165) is 11.2 Å². The van der Waals surface area contributed by atoms with Gasteiger partial charge in [0.2, 0.25) is 0 Å². The number of hydrogen-bond donors (Lipinski definition) is 2. The number of halogens is 1. The molecule has 0 unspecified atom stereocenters. The molecule has 0 aliphatic carbocycles. The quantitative estimate of drug-likeness (QED) is 0.619. The molecule has 1 aromatic carbocycles. The molecule has 0 aliphatic heterocycles. The van der Waals surface area contributed by atoms with E-state index in [1.54, 1.807) is 13.0 Å². The van der Waals surface area contributed by atoms with Gasteiger partial charge in [-0.1, -0.05) is 11.6 Å². The van der Waals surface area contributed by atoms with Gasteiger partial charge in [-0.05, 0) is 24.6 Å². The fraction of sp³-hybridized carbons (Fsp3) is 0.273. The van der Waals surface area contributed by atoms with E-state index in [1.165, 1.54) is 13.1 Å². The predicted molar refractivity (Wildman–Crippen MR) is 78.9 cm³/mol. The molecule has 0 aromatic heterocycles. The standard InChI is InChI=1S/C11H15ClN4O3S/c1-6-4-7(12)9(8(5-6)20(3,18)19)16(2)11(17)15-10(13)14/h4-5H,1-3H3,(H4,13,14,15,17). The fourth-order valence-electron chi connectivity index (χ4n) is 1.59. The summed E-state index contributed by atoms with van der Waals surface area (Å²) in [5.41, 5.74) is 10.9. The van der Waals surface area contributed by atoms with Crippen LogP contribution in [-0.2, 0) is 9.84 Å². The van der Waals surface area contributed by atoms with Crippen LogP contribution in [-0.4, -0.2) is 33.7 Å². The minimum Gasteiger partial charge on any atom is -0.370 e. The van der Waals surface area contributed by atoms with Crippen LogP contribution in [0.15, 0.2) is 22.0 Å². The van der Waals surface area contributed by atoms with Gasteiger partial charge < -0.3 is 11.5 Å². The lowest BCUT2D eigenvalue weighted by atomic mass is 10.2. The molecule has 0 aliphatic rings. The zero-order valence-corrected chi connectivity index (χ0v) is 12.8. The number of aliphatic imine (C=N–C) groups is 1. The maximum atomic E-state index is 11.8. The maximum Gasteiger partial charge on any atom is 0.351 e. The molecule has 1 aromatic rings. The van der Waals surface area contributed by atoms with Crippen molar-refractivity contribution in [3.8, 4) is 0 Å². The van der Waals surface area contributed by atoms with Gasteiger partial charge in [-0.2, -0.15) is 4.99 Å². The van der Waals surface area contributed by atoms with E-state index >= 15 is 0 Å². The number of sulfone groups is 1. The molecule has 4 N–H and O–H groups in total. The number of nitrogens with two attached hydrogens (primary N) is 2. The molecule has 0 bridgehead atoms. The fourth-order valence-corrected chi connectivity index (χ4v) is 3.05. The summed E-state index contributed by atoms with van der Waals surface area (Å²) in [5, 5.41) is 0.118. The van der Waals surface area contributed by atoms with Crippen molar-refractivity contribution in [1.29, 1.82) is 0 Å². The summed E-state index contributed by atoms with van der Waals surface area (Å²) in [7, 11) is -2.24. The van der Waals surface area contributed by atoms with Crippen LogP contribution in [0.2, 0.25) is 5.02 Å². The number of rotatable bonds is 2. The Labute approximate surface area is 122 Å². The van der Waals surface area contributed by atoms with E-state index in [2.05, 4.69) is 4.99 Å². The molecule has 0 heterocycles. The largest absolute Gasteiger partial charge is 0.370 e. The second-order valence-electron chi connectivity index (χ2n) is 4.24. The smallest absolute Gasteiger partial charge is 0.351 e. The van der Waals surface area contributed by atoms with Crippen LogP contribution < -0.4 is 16.4 Å². The monoisotopic (exact) mass is 318 g/mol. The van der Waals surface area contributed by atoms with Gasteiger partial charge >= 0.3 is 6.03 Å². The van der Waals surface area contributed by atoms with Crippen molar-refractivity contribution in [2.75, 3.05) is 18.2 Å². The third kappa shape index (κ3) is 3.61. The molecule has 110 valence electrons. The number of anilines is 1. The molecule has 0 radical (unpaired) electrons. The van der Waals surface area contributed by atoms with Crippen molar-refractivity contribution in [1.82, 2.24) is 0 Å². The Kier molecular flexibility index (Phi) is 4.61. The minimum absolute atomic E-state index is 0.0368. The summed E-state index contributed by atoms with van der Waals surface area (Å²) >= 11 is 6.05. The van der Waals surface area contributed by atoms with Crippen molar-refractivity contribution in [3.63, 3.8) is 0 Å².